The van der Waals surface area contributed by atoms with Crippen molar-refractivity contribution < 1.29 is 0 Å². The summed E-state index contributed by atoms with van der Waals surface area (Å²) in [7, 11) is 0. The van der Waals surface area contributed by atoms with E-state index >= 15 is 0 Å². The van der Waals surface area contributed by atoms with Crippen LogP contribution in [0.15, 0.2) is 10.8 Å². The third-order valence-electron chi connectivity index (χ3n) is 1.48. The van der Waals surface area contributed by atoms with Gasteiger partial charge in [0.05, 0.1) is 0 Å². The molecule has 0 radical (unpaired) electrons. The quantitative estimate of drug-likeness (QED) is 0.780. The molecule has 0 aromatic carbocycles. The van der Waals surface area contributed by atoms with Crippen LogP contribution >= 0.6 is 28.6 Å². The van der Waals surface area contributed by atoms with E-state index in [4.69, 9.17) is 0 Å². The first kappa shape index (κ1) is 9.13. The maximum Gasteiger partial charge on any atom is 0.124 e. The molecule has 0 aliphatic heterocycles. The van der Waals surface area contributed by atoms with E-state index in [1.54, 1.807) is 0 Å². The van der Waals surface area contributed by atoms with Crippen molar-refractivity contribution in [2.24, 2.45) is 0 Å². The molecule has 0 saturated heterocycles. The molecule has 0 unspecified atom stereocenters. The summed E-state index contributed by atoms with van der Waals surface area (Å²) in [5, 5.41) is 0. The Morgan fingerprint density at radius 1 is 1.73 bits per heavy atom. The number of hydrogen-bond acceptors (Lipinski definition) is 2. The number of aromatic nitrogens is 2. The summed E-state index contributed by atoms with van der Waals surface area (Å²) < 4.78 is 2.99. The molecule has 1 aromatic heterocycles. The summed E-state index contributed by atoms with van der Waals surface area (Å²) in [5.41, 5.74) is 0. The van der Waals surface area contributed by atoms with Gasteiger partial charge in [0, 0.05) is 18.0 Å². The number of halogens is 1. The molecule has 0 N–H and O–H groups in total. The largest absolute Gasteiger partial charge is 0.331 e. The van der Waals surface area contributed by atoms with Gasteiger partial charge in [0.25, 0.3) is 0 Å². The highest BCUT2D eigenvalue weighted by Crippen LogP contribution is 2.16. The lowest BCUT2D eigenvalue weighted by molar-refractivity contribution is 0.580. The molecular weight excluding hydrogens is 224 g/mol. The number of rotatable bonds is 2. The van der Waals surface area contributed by atoms with E-state index in [1.165, 1.54) is 0 Å². The molecule has 2 nitrogen and oxygen atoms in total. The lowest BCUT2D eigenvalue weighted by Crippen LogP contribution is -2.03. The van der Waals surface area contributed by atoms with E-state index in [0.29, 0.717) is 11.8 Å². The second kappa shape index (κ2) is 3.63. The van der Waals surface area contributed by atoms with Gasteiger partial charge in [-0.15, -0.1) is 0 Å². The van der Waals surface area contributed by atoms with Crippen LogP contribution in [0.1, 0.15) is 25.7 Å². The van der Waals surface area contributed by atoms with Gasteiger partial charge in [-0.25, -0.2) is 4.98 Å². The van der Waals surface area contributed by atoms with Crippen LogP contribution in [0.25, 0.3) is 0 Å². The van der Waals surface area contributed by atoms with E-state index in [2.05, 4.69) is 52.0 Å². The second-order valence-electron chi connectivity index (χ2n) is 2.64. The van der Waals surface area contributed by atoms with Crippen molar-refractivity contribution in [1.29, 1.82) is 0 Å². The fraction of sp³-hybridized carbons (Fsp3) is 0.571. The summed E-state index contributed by atoms with van der Waals surface area (Å²) in [6.45, 7) is 4.25. The number of imidazole rings is 1. The van der Waals surface area contributed by atoms with Crippen molar-refractivity contribution in [3.05, 3.63) is 16.6 Å². The average molecular weight is 235 g/mol. The third kappa shape index (κ3) is 1.99. The van der Waals surface area contributed by atoms with Crippen LogP contribution in [0.2, 0.25) is 0 Å². The molecule has 0 spiro atoms. The molecular formula is C7H11BrN2S. The molecule has 0 aliphatic rings. The van der Waals surface area contributed by atoms with E-state index < -0.39 is 0 Å². The SMILES string of the molecule is CC(C)n1cc(Br)nc1CS. The Kier molecular flexibility index (Phi) is 3.01. The Morgan fingerprint density at radius 3 is 2.73 bits per heavy atom. The van der Waals surface area contributed by atoms with Crippen LogP contribution in [-0.2, 0) is 5.75 Å². The maximum absolute atomic E-state index is 4.25. The normalized spacial score (nSPS) is 11.0. The molecule has 62 valence electrons. The highest BCUT2D eigenvalue weighted by Gasteiger charge is 2.06. The Hall–Kier alpha value is 0.0400. The summed E-state index contributed by atoms with van der Waals surface area (Å²) >= 11 is 7.51. The molecule has 1 aromatic rings. The van der Waals surface area contributed by atoms with Gasteiger partial charge >= 0.3 is 0 Å². The van der Waals surface area contributed by atoms with Crippen LogP contribution in [0.4, 0.5) is 0 Å². The Bertz CT molecular complexity index is 245. The van der Waals surface area contributed by atoms with Crippen molar-refractivity contribution in [2.75, 3.05) is 0 Å². The summed E-state index contributed by atoms with van der Waals surface area (Å²) in [6, 6.07) is 0.455. The molecule has 0 bridgehead atoms. The first-order valence-electron chi connectivity index (χ1n) is 3.49. The van der Waals surface area contributed by atoms with Gasteiger partial charge in [-0.1, -0.05) is 0 Å². The predicted molar refractivity (Wildman–Crippen MR) is 53.0 cm³/mol. The summed E-state index contributed by atoms with van der Waals surface area (Å²) in [4.78, 5) is 4.25. The van der Waals surface area contributed by atoms with E-state index in [0.717, 1.165) is 10.4 Å². The average Bonchev–Trinajstić information content (AvgIpc) is 2.30. The lowest BCUT2D eigenvalue weighted by Gasteiger charge is -2.08. The van der Waals surface area contributed by atoms with E-state index in [-0.39, 0.29) is 0 Å². The van der Waals surface area contributed by atoms with Gasteiger partial charge in [-0.3, -0.25) is 0 Å². The van der Waals surface area contributed by atoms with Gasteiger partial charge in [0.2, 0.25) is 0 Å². The molecule has 1 heterocycles. The van der Waals surface area contributed by atoms with Crippen molar-refractivity contribution in [1.82, 2.24) is 9.55 Å². The zero-order valence-electron chi connectivity index (χ0n) is 6.58. The molecule has 11 heavy (non-hydrogen) atoms. The van der Waals surface area contributed by atoms with Crippen LogP contribution < -0.4 is 0 Å². The first-order chi connectivity index (χ1) is 5.15. The minimum Gasteiger partial charge on any atom is -0.331 e. The van der Waals surface area contributed by atoms with Gasteiger partial charge in [-0.05, 0) is 29.8 Å². The lowest BCUT2D eigenvalue weighted by atomic mass is 10.4. The minimum absolute atomic E-state index is 0.455. The van der Waals surface area contributed by atoms with Gasteiger partial charge < -0.3 is 4.57 Å². The number of thiol groups is 1. The number of hydrogen-bond donors (Lipinski definition) is 1. The fourth-order valence-corrected chi connectivity index (χ4v) is 1.62. The Balaban J connectivity index is 3.02. The standard InChI is InChI=1S/C7H11BrN2S/c1-5(2)10-3-6(8)9-7(10)4-11/h3,5,11H,4H2,1-2H3. The van der Waals surface area contributed by atoms with Gasteiger partial charge in [0.15, 0.2) is 0 Å². The topological polar surface area (TPSA) is 17.8 Å². The van der Waals surface area contributed by atoms with Crippen molar-refractivity contribution in [3.8, 4) is 0 Å². The van der Waals surface area contributed by atoms with Crippen molar-refractivity contribution >= 4 is 28.6 Å². The van der Waals surface area contributed by atoms with Gasteiger partial charge in [0.1, 0.15) is 10.4 Å². The smallest absolute Gasteiger partial charge is 0.124 e. The van der Waals surface area contributed by atoms with Crippen LogP contribution in [0.5, 0.6) is 0 Å². The summed E-state index contributed by atoms with van der Waals surface area (Å²) in [6.07, 6.45) is 1.98. The van der Waals surface area contributed by atoms with Crippen LogP contribution in [-0.4, -0.2) is 9.55 Å². The number of nitrogens with zero attached hydrogens (tertiary/aromatic N) is 2. The zero-order valence-corrected chi connectivity index (χ0v) is 9.06. The fourth-order valence-electron chi connectivity index (χ4n) is 0.963. The minimum atomic E-state index is 0.455. The first-order valence-corrected chi connectivity index (χ1v) is 4.91. The van der Waals surface area contributed by atoms with Crippen LogP contribution in [0, 0.1) is 0 Å². The van der Waals surface area contributed by atoms with Crippen LogP contribution in [0.3, 0.4) is 0 Å². The predicted octanol–water partition coefficient (Wildman–Crippen LogP) is 2.66. The van der Waals surface area contributed by atoms with E-state index in [1.807, 2.05) is 6.20 Å². The molecule has 1 rings (SSSR count). The van der Waals surface area contributed by atoms with E-state index in [9.17, 15) is 0 Å². The van der Waals surface area contributed by atoms with Crippen molar-refractivity contribution in [2.45, 2.75) is 25.6 Å². The molecule has 0 aliphatic carbocycles. The monoisotopic (exact) mass is 234 g/mol. The maximum atomic E-state index is 4.25. The van der Waals surface area contributed by atoms with Gasteiger partial charge in [-0.2, -0.15) is 12.6 Å². The second-order valence-corrected chi connectivity index (χ2v) is 3.77. The molecule has 0 fully saturated rings. The molecule has 0 atom stereocenters. The Labute approximate surface area is 80.6 Å². The summed E-state index contributed by atoms with van der Waals surface area (Å²) in [5.74, 6) is 1.69. The van der Waals surface area contributed by atoms with Crippen molar-refractivity contribution in [3.63, 3.8) is 0 Å². The molecule has 4 heteroatoms. The Morgan fingerprint density at radius 2 is 2.36 bits per heavy atom. The highest BCUT2D eigenvalue weighted by atomic mass is 79.9. The third-order valence-corrected chi connectivity index (χ3v) is 2.14. The molecule has 0 saturated carbocycles. The molecule has 0 amide bonds. The highest BCUT2D eigenvalue weighted by molar-refractivity contribution is 9.10. The zero-order chi connectivity index (χ0) is 8.43.